The van der Waals surface area contributed by atoms with Crippen LogP contribution < -0.4 is 15.2 Å². The maximum Gasteiger partial charge on any atom is 0.184 e. The van der Waals surface area contributed by atoms with Crippen LogP contribution in [-0.2, 0) is 4.74 Å². The molecule has 0 amide bonds. The normalized spacial score (nSPS) is 12.2. The third kappa shape index (κ3) is 2.89. The topological polar surface area (TPSA) is 97.3 Å². The first-order valence-corrected chi connectivity index (χ1v) is 6.41. The number of hydrogen-bond donors (Lipinski definition) is 1. The minimum absolute atomic E-state index is 0.0208. The standard InChI is InChI=1S/C13H19N5O3/c1-8(7-19-2)18-13(15-16-17-18)9-5-11(20-3)12(21-4)6-10(9)14/h5-6,8H,7,14H2,1-4H3. The fraction of sp³-hybridized carbons (Fsp3) is 0.462. The number of methoxy groups -OCH3 is 3. The Bertz CT molecular complexity index is 614. The molecular formula is C13H19N5O3. The molecule has 0 aliphatic carbocycles. The number of nitrogens with two attached hydrogens (primary N) is 1. The van der Waals surface area contributed by atoms with Crippen LogP contribution in [0.4, 0.5) is 5.69 Å². The molecule has 1 unspecified atom stereocenters. The van der Waals surface area contributed by atoms with E-state index in [0.29, 0.717) is 35.2 Å². The first kappa shape index (κ1) is 15.0. The van der Waals surface area contributed by atoms with Crippen LogP contribution in [0.1, 0.15) is 13.0 Å². The maximum absolute atomic E-state index is 6.08. The largest absolute Gasteiger partial charge is 0.493 e. The lowest BCUT2D eigenvalue weighted by molar-refractivity contribution is 0.156. The number of rotatable bonds is 6. The molecule has 0 bridgehead atoms. The van der Waals surface area contributed by atoms with Gasteiger partial charge in [0.25, 0.3) is 0 Å². The second-order valence-electron chi connectivity index (χ2n) is 4.55. The Kier molecular flexibility index (Phi) is 4.59. The smallest absolute Gasteiger partial charge is 0.184 e. The highest BCUT2D eigenvalue weighted by molar-refractivity contribution is 5.75. The highest BCUT2D eigenvalue weighted by Gasteiger charge is 2.19. The molecule has 1 atom stereocenters. The van der Waals surface area contributed by atoms with E-state index in [2.05, 4.69) is 15.5 Å². The molecule has 1 aromatic carbocycles. The summed E-state index contributed by atoms with van der Waals surface area (Å²) in [6.45, 7) is 2.45. The van der Waals surface area contributed by atoms with Crippen molar-refractivity contribution in [1.29, 1.82) is 0 Å². The Labute approximate surface area is 122 Å². The Morgan fingerprint density at radius 2 is 1.86 bits per heavy atom. The summed E-state index contributed by atoms with van der Waals surface area (Å²) in [5.74, 6) is 1.68. The maximum atomic E-state index is 6.08. The molecule has 0 fully saturated rings. The van der Waals surface area contributed by atoms with Gasteiger partial charge >= 0.3 is 0 Å². The van der Waals surface area contributed by atoms with Gasteiger partial charge in [0.1, 0.15) is 0 Å². The van der Waals surface area contributed by atoms with E-state index in [1.54, 1.807) is 38.1 Å². The summed E-state index contributed by atoms with van der Waals surface area (Å²) in [4.78, 5) is 0. The molecule has 0 radical (unpaired) electrons. The second kappa shape index (κ2) is 6.40. The number of aromatic nitrogens is 4. The predicted octanol–water partition coefficient (Wildman–Crippen LogP) is 1.15. The summed E-state index contributed by atoms with van der Waals surface area (Å²) < 4.78 is 17.3. The molecule has 0 saturated carbocycles. The van der Waals surface area contributed by atoms with Crippen molar-refractivity contribution < 1.29 is 14.2 Å². The van der Waals surface area contributed by atoms with E-state index in [9.17, 15) is 0 Å². The second-order valence-corrected chi connectivity index (χ2v) is 4.55. The average molecular weight is 293 g/mol. The Morgan fingerprint density at radius 3 is 2.48 bits per heavy atom. The molecule has 114 valence electrons. The molecule has 21 heavy (non-hydrogen) atoms. The summed E-state index contributed by atoms with van der Waals surface area (Å²) >= 11 is 0. The van der Waals surface area contributed by atoms with E-state index in [1.807, 2.05) is 6.92 Å². The van der Waals surface area contributed by atoms with Crippen molar-refractivity contribution in [2.24, 2.45) is 0 Å². The number of hydrogen-bond acceptors (Lipinski definition) is 7. The van der Waals surface area contributed by atoms with E-state index in [0.717, 1.165) is 0 Å². The molecule has 8 nitrogen and oxygen atoms in total. The SMILES string of the molecule is COCC(C)n1nnnc1-c1cc(OC)c(OC)cc1N. The minimum Gasteiger partial charge on any atom is -0.493 e. The van der Waals surface area contributed by atoms with Crippen molar-refractivity contribution in [3.05, 3.63) is 12.1 Å². The van der Waals surface area contributed by atoms with Crippen LogP contribution >= 0.6 is 0 Å². The first-order chi connectivity index (χ1) is 10.1. The zero-order chi connectivity index (χ0) is 15.4. The van der Waals surface area contributed by atoms with Gasteiger partial charge in [-0.05, 0) is 23.4 Å². The number of nitrogens with zero attached hydrogens (tertiary/aromatic N) is 4. The van der Waals surface area contributed by atoms with E-state index in [1.165, 1.54) is 0 Å². The summed E-state index contributed by atoms with van der Waals surface area (Å²) in [5.41, 5.74) is 7.27. The number of anilines is 1. The lowest BCUT2D eigenvalue weighted by Gasteiger charge is -2.15. The molecule has 0 aliphatic rings. The van der Waals surface area contributed by atoms with Crippen LogP contribution in [0.2, 0.25) is 0 Å². The Balaban J connectivity index is 2.50. The number of benzene rings is 1. The van der Waals surface area contributed by atoms with Gasteiger partial charge in [-0.1, -0.05) is 0 Å². The summed E-state index contributed by atoms with van der Waals surface area (Å²) in [5, 5.41) is 11.8. The van der Waals surface area contributed by atoms with E-state index < -0.39 is 0 Å². The van der Waals surface area contributed by atoms with Gasteiger partial charge < -0.3 is 19.9 Å². The Morgan fingerprint density at radius 1 is 1.19 bits per heavy atom. The molecule has 2 N–H and O–H groups in total. The van der Waals surface area contributed by atoms with Crippen LogP contribution in [0.15, 0.2) is 12.1 Å². The molecule has 0 saturated heterocycles. The van der Waals surface area contributed by atoms with Crippen LogP contribution in [0.25, 0.3) is 11.4 Å². The van der Waals surface area contributed by atoms with Gasteiger partial charge in [0.05, 0.1) is 26.9 Å². The zero-order valence-corrected chi connectivity index (χ0v) is 12.5. The summed E-state index contributed by atoms with van der Waals surface area (Å²) in [6.07, 6.45) is 0. The molecule has 8 heteroatoms. The van der Waals surface area contributed by atoms with Crippen LogP contribution in [0.5, 0.6) is 11.5 Å². The molecule has 1 aromatic heterocycles. The molecule has 2 rings (SSSR count). The monoisotopic (exact) mass is 293 g/mol. The van der Waals surface area contributed by atoms with E-state index in [4.69, 9.17) is 19.9 Å². The van der Waals surface area contributed by atoms with Crippen molar-refractivity contribution in [2.45, 2.75) is 13.0 Å². The third-order valence-electron chi connectivity index (χ3n) is 3.11. The van der Waals surface area contributed by atoms with Crippen molar-refractivity contribution in [1.82, 2.24) is 20.2 Å². The van der Waals surface area contributed by atoms with Gasteiger partial charge in [-0.25, -0.2) is 4.68 Å². The highest BCUT2D eigenvalue weighted by Crippen LogP contribution is 2.36. The highest BCUT2D eigenvalue weighted by atomic mass is 16.5. The number of ether oxygens (including phenoxy) is 3. The van der Waals surface area contributed by atoms with Gasteiger partial charge in [-0.3, -0.25) is 0 Å². The van der Waals surface area contributed by atoms with Crippen molar-refractivity contribution in [2.75, 3.05) is 33.7 Å². The van der Waals surface area contributed by atoms with Gasteiger partial charge in [0, 0.05) is 24.4 Å². The van der Waals surface area contributed by atoms with Crippen LogP contribution in [0.3, 0.4) is 0 Å². The van der Waals surface area contributed by atoms with Gasteiger partial charge in [0.2, 0.25) is 0 Å². The third-order valence-corrected chi connectivity index (χ3v) is 3.11. The number of nitrogen functional groups attached to an aromatic ring is 1. The van der Waals surface area contributed by atoms with Crippen molar-refractivity contribution in [3.63, 3.8) is 0 Å². The van der Waals surface area contributed by atoms with E-state index >= 15 is 0 Å². The van der Waals surface area contributed by atoms with Gasteiger partial charge in [0.15, 0.2) is 17.3 Å². The molecule has 2 aromatic rings. The average Bonchev–Trinajstić information content (AvgIpc) is 2.96. The number of tetrazole rings is 1. The predicted molar refractivity (Wildman–Crippen MR) is 77.4 cm³/mol. The molecular weight excluding hydrogens is 274 g/mol. The van der Waals surface area contributed by atoms with E-state index in [-0.39, 0.29) is 6.04 Å². The zero-order valence-electron chi connectivity index (χ0n) is 12.5. The molecule has 0 aliphatic heterocycles. The summed E-state index contributed by atoms with van der Waals surface area (Å²) in [7, 11) is 4.75. The fourth-order valence-corrected chi connectivity index (χ4v) is 2.07. The quantitative estimate of drug-likeness (QED) is 0.798. The minimum atomic E-state index is -0.0208. The van der Waals surface area contributed by atoms with Gasteiger partial charge in [-0.15, -0.1) is 5.10 Å². The van der Waals surface area contributed by atoms with Crippen molar-refractivity contribution >= 4 is 5.69 Å². The Hall–Kier alpha value is -2.35. The van der Waals surface area contributed by atoms with Crippen molar-refractivity contribution in [3.8, 4) is 22.9 Å². The fourth-order valence-electron chi connectivity index (χ4n) is 2.07. The molecule has 1 heterocycles. The summed E-state index contributed by atoms with van der Waals surface area (Å²) in [6, 6.07) is 3.43. The lowest BCUT2D eigenvalue weighted by atomic mass is 10.1. The first-order valence-electron chi connectivity index (χ1n) is 6.41. The van der Waals surface area contributed by atoms with Crippen LogP contribution in [0, 0.1) is 0 Å². The van der Waals surface area contributed by atoms with Gasteiger partial charge in [-0.2, -0.15) is 0 Å². The molecule has 0 spiro atoms. The van der Waals surface area contributed by atoms with Crippen LogP contribution in [-0.4, -0.2) is 48.1 Å². The lowest BCUT2D eigenvalue weighted by Crippen LogP contribution is -2.14.